The van der Waals surface area contributed by atoms with E-state index in [0.717, 1.165) is 0 Å². The van der Waals surface area contributed by atoms with Gasteiger partial charge in [0.2, 0.25) is 0 Å². The van der Waals surface area contributed by atoms with Gasteiger partial charge in [-0.3, -0.25) is 10.1 Å². The van der Waals surface area contributed by atoms with E-state index in [2.05, 4.69) is 10.6 Å². The number of hydrogen-bond acceptors (Lipinski definition) is 8. The molecular weight excluding hydrogens is 398 g/mol. The first kappa shape index (κ1) is 24.7. The normalized spacial score (nSPS) is 11.9. The van der Waals surface area contributed by atoms with Gasteiger partial charge >= 0.3 is 18.2 Å². The zero-order chi connectivity index (χ0) is 22.9. The molecule has 0 aliphatic rings. The van der Waals surface area contributed by atoms with Crippen LogP contribution in [0.2, 0.25) is 0 Å². The number of rotatable bonds is 8. The summed E-state index contributed by atoms with van der Waals surface area (Å²) >= 11 is 0. The Hall–Kier alpha value is -3.37. The molecule has 11 nitrogen and oxygen atoms in total. The number of nitro benzene ring substituents is 1. The Balaban J connectivity index is 2.41. The summed E-state index contributed by atoms with van der Waals surface area (Å²) in [5.74, 6) is -0.789. The predicted octanol–water partition coefficient (Wildman–Crippen LogP) is 2.78. The minimum Gasteiger partial charge on any atom is -0.462 e. The van der Waals surface area contributed by atoms with Crippen LogP contribution in [0.1, 0.15) is 34.6 Å². The third-order valence-corrected chi connectivity index (χ3v) is 3.47. The number of ether oxygens (including phenoxy) is 3. The standard InChI is InChI=1S/C19H27N3O8/c1-12(2)15(21-18(25)30-19(3,4)5)16(23)28-11-10-20-17(24)29-14-8-6-13(7-9-14)22(26)27/h6-9,12,15H,10-11H2,1-5H3,(H,20,24)(H,21,25). The smallest absolute Gasteiger partial charge is 0.412 e. The van der Waals surface area contributed by atoms with Crippen molar-refractivity contribution in [1.29, 1.82) is 0 Å². The Labute approximate surface area is 174 Å². The van der Waals surface area contributed by atoms with Gasteiger partial charge in [0.1, 0.15) is 24.0 Å². The summed E-state index contributed by atoms with van der Waals surface area (Å²) < 4.78 is 15.2. The summed E-state index contributed by atoms with van der Waals surface area (Å²) in [6, 6.07) is 4.06. The molecule has 30 heavy (non-hydrogen) atoms. The van der Waals surface area contributed by atoms with Crippen molar-refractivity contribution in [2.24, 2.45) is 5.92 Å². The van der Waals surface area contributed by atoms with E-state index in [4.69, 9.17) is 14.2 Å². The molecule has 1 atom stereocenters. The van der Waals surface area contributed by atoms with Crippen LogP contribution in [0.5, 0.6) is 5.75 Å². The molecule has 1 aromatic carbocycles. The van der Waals surface area contributed by atoms with Crippen molar-refractivity contribution < 1.29 is 33.5 Å². The maximum Gasteiger partial charge on any atom is 0.412 e. The number of nitrogens with one attached hydrogen (secondary N) is 2. The minimum absolute atomic E-state index is 0.0329. The van der Waals surface area contributed by atoms with Crippen molar-refractivity contribution in [1.82, 2.24) is 10.6 Å². The van der Waals surface area contributed by atoms with E-state index in [1.54, 1.807) is 34.6 Å². The van der Waals surface area contributed by atoms with Crippen LogP contribution in [0, 0.1) is 16.0 Å². The summed E-state index contributed by atoms with van der Waals surface area (Å²) in [4.78, 5) is 45.8. The molecule has 166 valence electrons. The van der Waals surface area contributed by atoms with Gasteiger partial charge in [0.25, 0.3) is 5.69 Å². The predicted molar refractivity (Wildman–Crippen MR) is 106 cm³/mol. The third kappa shape index (κ3) is 9.22. The molecule has 1 aromatic rings. The van der Waals surface area contributed by atoms with Crippen LogP contribution < -0.4 is 15.4 Å². The van der Waals surface area contributed by atoms with Crippen LogP contribution >= 0.6 is 0 Å². The second-order valence-corrected chi connectivity index (χ2v) is 7.60. The van der Waals surface area contributed by atoms with Gasteiger partial charge < -0.3 is 24.8 Å². The monoisotopic (exact) mass is 425 g/mol. The van der Waals surface area contributed by atoms with Gasteiger partial charge in [-0.05, 0) is 38.8 Å². The van der Waals surface area contributed by atoms with Crippen LogP contribution in [-0.2, 0) is 14.3 Å². The number of amides is 2. The molecule has 0 spiro atoms. The SMILES string of the molecule is CC(C)C(NC(=O)OC(C)(C)C)C(=O)OCCNC(=O)Oc1ccc([N+](=O)[O-])cc1. The van der Waals surface area contributed by atoms with Gasteiger partial charge in [0.15, 0.2) is 0 Å². The van der Waals surface area contributed by atoms with Gasteiger partial charge in [-0.2, -0.15) is 0 Å². The maximum absolute atomic E-state index is 12.2. The number of hydrogen-bond donors (Lipinski definition) is 2. The molecule has 0 saturated heterocycles. The highest BCUT2D eigenvalue weighted by Crippen LogP contribution is 2.17. The van der Waals surface area contributed by atoms with E-state index >= 15 is 0 Å². The summed E-state index contributed by atoms with van der Waals surface area (Å²) in [6.07, 6.45) is -1.55. The van der Waals surface area contributed by atoms with Gasteiger partial charge in [-0.1, -0.05) is 13.8 Å². The Morgan fingerprint density at radius 2 is 1.70 bits per heavy atom. The number of non-ortho nitro benzene ring substituents is 1. The van der Waals surface area contributed by atoms with Crippen LogP contribution in [0.4, 0.5) is 15.3 Å². The average molecular weight is 425 g/mol. The van der Waals surface area contributed by atoms with Gasteiger partial charge in [0, 0.05) is 12.1 Å². The van der Waals surface area contributed by atoms with E-state index in [1.807, 2.05) is 0 Å². The zero-order valence-corrected chi connectivity index (χ0v) is 17.6. The zero-order valence-electron chi connectivity index (χ0n) is 17.6. The van der Waals surface area contributed by atoms with Crippen molar-refractivity contribution in [2.45, 2.75) is 46.3 Å². The van der Waals surface area contributed by atoms with E-state index in [1.165, 1.54) is 24.3 Å². The fourth-order valence-electron chi connectivity index (χ4n) is 2.11. The highest BCUT2D eigenvalue weighted by atomic mass is 16.6. The number of esters is 1. The molecule has 0 fully saturated rings. The Bertz CT molecular complexity index is 756. The number of carbonyl (C=O) groups excluding carboxylic acids is 3. The molecule has 2 N–H and O–H groups in total. The second kappa shape index (κ2) is 11.0. The second-order valence-electron chi connectivity index (χ2n) is 7.60. The lowest BCUT2D eigenvalue weighted by Crippen LogP contribution is -2.47. The van der Waals surface area contributed by atoms with E-state index in [-0.39, 0.29) is 30.5 Å². The largest absolute Gasteiger partial charge is 0.462 e. The molecule has 0 bridgehead atoms. The highest BCUT2D eigenvalue weighted by molar-refractivity contribution is 5.81. The molecule has 0 aliphatic heterocycles. The maximum atomic E-state index is 12.2. The molecule has 0 aromatic heterocycles. The summed E-state index contributed by atoms with van der Waals surface area (Å²) in [7, 11) is 0. The fraction of sp³-hybridized carbons (Fsp3) is 0.526. The molecule has 11 heteroatoms. The Morgan fingerprint density at radius 1 is 1.10 bits per heavy atom. The number of carbonyl (C=O) groups is 3. The van der Waals surface area contributed by atoms with Crippen molar-refractivity contribution >= 4 is 23.8 Å². The molecule has 1 rings (SSSR count). The first-order valence-corrected chi connectivity index (χ1v) is 9.25. The van der Waals surface area contributed by atoms with Gasteiger partial charge in [-0.15, -0.1) is 0 Å². The quantitative estimate of drug-likeness (QED) is 0.280. The van der Waals surface area contributed by atoms with Crippen LogP contribution in [0.15, 0.2) is 24.3 Å². The summed E-state index contributed by atoms with van der Waals surface area (Å²) in [5.41, 5.74) is -0.835. The van der Waals surface area contributed by atoms with Gasteiger partial charge in [0.05, 0.1) is 11.5 Å². The molecule has 0 aliphatic carbocycles. The van der Waals surface area contributed by atoms with Crippen molar-refractivity contribution in [2.75, 3.05) is 13.2 Å². The first-order chi connectivity index (χ1) is 13.9. The van der Waals surface area contributed by atoms with Crippen molar-refractivity contribution in [3.63, 3.8) is 0 Å². The number of alkyl carbamates (subject to hydrolysis) is 1. The van der Waals surface area contributed by atoms with Crippen molar-refractivity contribution in [3.8, 4) is 5.75 Å². The average Bonchev–Trinajstić information content (AvgIpc) is 2.61. The molecular formula is C19H27N3O8. The number of nitrogens with zero attached hydrogens (tertiary/aromatic N) is 1. The number of nitro groups is 1. The van der Waals surface area contributed by atoms with Crippen LogP contribution in [0.3, 0.4) is 0 Å². The Morgan fingerprint density at radius 3 is 2.20 bits per heavy atom. The highest BCUT2D eigenvalue weighted by Gasteiger charge is 2.28. The molecule has 0 saturated carbocycles. The van der Waals surface area contributed by atoms with E-state index < -0.39 is 34.7 Å². The lowest BCUT2D eigenvalue weighted by Gasteiger charge is -2.24. The summed E-state index contributed by atoms with van der Waals surface area (Å²) in [6.45, 7) is 8.42. The van der Waals surface area contributed by atoms with Crippen molar-refractivity contribution in [3.05, 3.63) is 34.4 Å². The third-order valence-electron chi connectivity index (χ3n) is 3.47. The van der Waals surface area contributed by atoms with Crippen LogP contribution in [-0.4, -0.2) is 47.9 Å². The molecule has 0 radical (unpaired) electrons. The van der Waals surface area contributed by atoms with E-state index in [0.29, 0.717) is 0 Å². The molecule has 1 unspecified atom stereocenters. The fourth-order valence-corrected chi connectivity index (χ4v) is 2.11. The van der Waals surface area contributed by atoms with Gasteiger partial charge in [-0.25, -0.2) is 14.4 Å². The first-order valence-electron chi connectivity index (χ1n) is 9.25. The molecule has 0 heterocycles. The topological polar surface area (TPSA) is 146 Å². The number of benzene rings is 1. The lowest BCUT2D eigenvalue weighted by atomic mass is 10.1. The molecule has 2 amide bonds. The van der Waals surface area contributed by atoms with E-state index in [9.17, 15) is 24.5 Å². The lowest BCUT2D eigenvalue weighted by molar-refractivity contribution is -0.384. The Kier molecular flexibility index (Phi) is 9.03. The van der Waals surface area contributed by atoms with Crippen LogP contribution in [0.25, 0.3) is 0 Å². The minimum atomic E-state index is -0.910. The summed E-state index contributed by atoms with van der Waals surface area (Å²) in [5, 5.41) is 15.4.